The number of nitrogens with one attached hydrogen (secondary N) is 1. The van der Waals surface area contributed by atoms with E-state index in [2.05, 4.69) is 5.32 Å². The third kappa shape index (κ3) is 6.14. The van der Waals surface area contributed by atoms with E-state index in [-0.39, 0.29) is 17.3 Å². The molecule has 0 spiro atoms. The van der Waals surface area contributed by atoms with Gasteiger partial charge in [0, 0.05) is 6.54 Å². The van der Waals surface area contributed by atoms with Crippen LogP contribution < -0.4 is 14.4 Å². The second-order valence-electron chi connectivity index (χ2n) is 7.57. The number of carbonyl (C=O) groups excluding carboxylic acids is 1. The molecule has 0 bridgehead atoms. The zero-order chi connectivity index (χ0) is 23.7. The van der Waals surface area contributed by atoms with Gasteiger partial charge in [-0.05, 0) is 54.7 Å². The average Bonchev–Trinajstić information content (AvgIpc) is 2.85. The predicted octanol–water partition coefficient (Wildman–Crippen LogP) is 4.20. The molecule has 33 heavy (non-hydrogen) atoms. The minimum absolute atomic E-state index is 0.153. The summed E-state index contributed by atoms with van der Waals surface area (Å²) in [7, 11) is -2.27. The smallest absolute Gasteiger partial charge is 0.264 e. The molecule has 0 saturated carbocycles. The number of hydrogen-bond donors (Lipinski definition) is 1. The second-order valence-corrected chi connectivity index (χ2v) is 9.43. The first-order valence-electron chi connectivity index (χ1n) is 11.0. The Hall–Kier alpha value is -3.32. The molecule has 6 nitrogen and oxygen atoms in total. The molecule has 0 fully saturated rings. The maximum Gasteiger partial charge on any atom is 0.264 e. The lowest BCUT2D eigenvalue weighted by molar-refractivity contribution is -0.119. The summed E-state index contributed by atoms with van der Waals surface area (Å²) in [5.41, 5.74) is 2.45. The van der Waals surface area contributed by atoms with Gasteiger partial charge >= 0.3 is 0 Å². The van der Waals surface area contributed by atoms with Crippen LogP contribution >= 0.6 is 0 Å². The summed E-state index contributed by atoms with van der Waals surface area (Å²) >= 11 is 0. The van der Waals surface area contributed by atoms with Crippen LogP contribution in [0.4, 0.5) is 5.69 Å². The number of aryl methyl sites for hydroxylation is 2. The molecule has 3 aromatic carbocycles. The molecule has 7 heteroatoms. The third-order valence-electron chi connectivity index (χ3n) is 5.40. The summed E-state index contributed by atoms with van der Waals surface area (Å²) < 4.78 is 33.5. The van der Waals surface area contributed by atoms with Gasteiger partial charge in [-0.25, -0.2) is 8.42 Å². The van der Waals surface area contributed by atoms with Crippen molar-refractivity contribution in [3.05, 3.63) is 90.0 Å². The molecule has 1 N–H and O–H groups in total. The third-order valence-corrected chi connectivity index (χ3v) is 7.17. The van der Waals surface area contributed by atoms with E-state index in [1.807, 2.05) is 43.3 Å². The highest BCUT2D eigenvalue weighted by Gasteiger charge is 2.28. The van der Waals surface area contributed by atoms with Gasteiger partial charge < -0.3 is 10.1 Å². The Kier molecular flexibility index (Phi) is 8.49. The maximum absolute atomic E-state index is 13.5. The average molecular weight is 467 g/mol. The summed E-state index contributed by atoms with van der Waals surface area (Å²) in [5.74, 6) is 0.473. The van der Waals surface area contributed by atoms with E-state index in [4.69, 9.17) is 4.74 Å². The lowest BCUT2D eigenvalue weighted by Crippen LogP contribution is -2.41. The molecule has 0 saturated heterocycles. The van der Waals surface area contributed by atoms with Crippen molar-refractivity contribution in [2.45, 2.75) is 31.1 Å². The minimum Gasteiger partial charge on any atom is -0.496 e. The number of para-hydroxylation sites is 2. The summed E-state index contributed by atoms with van der Waals surface area (Å²) in [6, 6.07) is 23.3. The van der Waals surface area contributed by atoms with Crippen molar-refractivity contribution in [1.82, 2.24) is 5.32 Å². The minimum atomic E-state index is -3.91. The Bertz CT molecular complexity index is 1160. The Morgan fingerprint density at radius 1 is 0.909 bits per heavy atom. The van der Waals surface area contributed by atoms with Crippen LogP contribution in [-0.2, 0) is 27.7 Å². The number of hydrogen-bond acceptors (Lipinski definition) is 4. The van der Waals surface area contributed by atoms with Crippen LogP contribution in [0.2, 0.25) is 0 Å². The van der Waals surface area contributed by atoms with Crippen molar-refractivity contribution >= 4 is 21.6 Å². The van der Waals surface area contributed by atoms with Crippen molar-refractivity contribution in [3.8, 4) is 5.75 Å². The number of carbonyl (C=O) groups is 1. The monoisotopic (exact) mass is 466 g/mol. The Morgan fingerprint density at radius 2 is 1.55 bits per heavy atom. The van der Waals surface area contributed by atoms with Crippen LogP contribution in [0.25, 0.3) is 0 Å². The lowest BCUT2D eigenvalue weighted by atomic mass is 10.1. The SMILES string of the molecule is CCc1ccccc1N(CC(=O)NCCCc1ccccc1OC)S(=O)(=O)c1ccccc1. The summed E-state index contributed by atoms with van der Waals surface area (Å²) in [6.45, 7) is 2.11. The molecule has 0 unspecified atom stereocenters. The Balaban J connectivity index is 1.73. The van der Waals surface area contributed by atoms with E-state index in [0.717, 1.165) is 23.3 Å². The Labute approximate surface area is 196 Å². The summed E-state index contributed by atoms with van der Waals surface area (Å²) in [6.07, 6.45) is 2.11. The highest BCUT2D eigenvalue weighted by Crippen LogP contribution is 2.27. The molecule has 0 radical (unpaired) electrons. The topological polar surface area (TPSA) is 75.7 Å². The largest absolute Gasteiger partial charge is 0.496 e. The first-order chi connectivity index (χ1) is 16.0. The molecular weight excluding hydrogens is 436 g/mol. The fourth-order valence-electron chi connectivity index (χ4n) is 3.67. The predicted molar refractivity (Wildman–Crippen MR) is 131 cm³/mol. The first-order valence-corrected chi connectivity index (χ1v) is 12.5. The molecule has 0 aliphatic heterocycles. The molecule has 0 aliphatic rings. The first kappa shape index (κ1) is 24.3. The van der Waals surface area contributed by atoms with Crippen LogP contribution in [0.5, 0.6) is 5.75 Å². The highest BCUT2D eigenvalue weighted by atomic mass is 32.2. The number of anilines is 1. The van der Waals surface area contributed by atoms with Crippen LogP contribution in [0.1, 0.15) is 24.5 Å². The van der Waals surface area contributed by atoms with Gasteiger partial charge in [0.05, 0.1) is 17.7 Å². The van der Waals surface area contributed by atoms with Crippen LogP contribution in [-0.4, -0.2) is 34.5 Å². The molecule has 0 aromatic heterocycles. The van der Waals surface area contributed by atoms with E-state index in [1.165, 1.54) is 4.31 Å². The van der Waals surface area contributed by atoms with E-state index in [0.29, 0.717) is 25.1 Å². The van der Waals surface area contributed by atoms with Crippen molar-refractivity contribution in [3.63, 3.8) is 0 Å². The molecular formula is C26H30N2O4S. The normalized spacial score (nSPS) is 11.1. The highest BCUT2D eigenvalue weighted by molar-refractivity contribution is 7.92. The fourth-order valence-corrected chi connectivity index (χ4v) is 5.15. The van der Waals surface area contributed by atoms with Crippen molar-refractivity contribution < 1.29 is 17.9 Å². The van der Waals surface area contributed by atoms with E-state index in [1.54, 1.807) is 49.6 Å². The van der Waals surface area contributed by atoms with Gasteiger partial charge in [-0.3, -0.25) is 9.10 Å². The zero-order valence-electron chi connectivity index (χ0n) is 19.0. The number of amides is 1. The van der Waals surface area contributed by atoms with E-state index >= 15 is 0 Å². The number of methoxy groups -OCH3 is 1. The van der Waals surface area contributed by atoms with Crippen LogP contribution in [0.3, 0.4) is 0 Å². The van der Waals surface area contributed by atoms with Gasteiger partial charge in [-0.15, -0.1) is 0 Å². The molecule has 1 amide bonds. The van der Waals surface area contributed by atoms with E-state index in [9.17, 15) is 13.2 Å². The quantitative estimate of drug-likeness (QED) is 0.430. The maximum atomic E-state index is 13.5. The number of ether oxygens (including phenoxy) is 1. The summed E-state index contributed by atoms with van der Waals surface area (Å²) in [4.78, 5) is 12.9. The number of benzene rings is 3. The molecule has 3 rings (SSSR count). The number of rotatable bonds is 11. The van der Waals surface area contributed by atoms with Gasteiger partial charge in [0.15, 0.2) is 0 Å². The van der Waals surface area contributed by atoms with Crippen molar-refractivity contribution in [2.24, 2.45) is 0 Å². The number of nitrogens with zero attached hydrogens (tertiary/aromatic N) is 1. The lowest BCUT2D eigenvalue weighted by Gasteiger charge is -2.26. The standard InChI is InChI=1S/C26H30N2O4S/c1-3-21-12-7-9-17-24(21)28(33(30,31)23-15-5-4-6-16-23)20-26(29)27-19-11-14-22-13-8-10-18-25(22)32-2/h4-10,12-13,15-18H,3,11,14,19-20H2,1-2H3,(H,27,29). The molecule has 3 aromatic rings. The van der Waals surface area contributed by atoms with Crippen LogP contribution in [0.15, 0.2) is 83.8 Å². The van der Waals surface area contributed by atoms with Gasteiger partial charge in [-0.1, -0.05) is 61.5 Å². The molecule has 174 valence electrons. The fraction of sp³-hybridized carbons (Fsp3) is 0.269. The van der Waals surface area contributed by atoms with Gasteiger partial charge in [0.1, 0.15) is 12.3 Å². The summed E-state index contributed by atoms with van der Waals surface area (Å²) in [5, 5.41) is 2.87. The second kappa shape index (κ2) is 11.5. The molecule has 0 atom stereocenters. The van der Waals surface area contributed by atoms with Gasteiger partial charge in [0.25, 0.3) is 10.0 Å². The van der Waals surface area contributed by atoms with Gasteiger partial charge in [0.2, 0.25) is 5.91 Å². The zero-order valence-corrected chi connectivity index (χ0v) is 19.8. The van der Waals surface area contributed by atoms with Crippen LogP contribution in [0, 0.1) is 0 Å². The van der Waals surface area contributed by atoms with Gasteiger partial charge in [-0.2, -0.15) is 0 Å². The Morgan fingerprint density at radius 3 is 2.24 bits per heavy atom. The molecule has 0 heterocycles. The van der Waals surface area contributed by atoms with E-state index < -0.39 is 10.0 Å². The van der Waals surface area contributed by atoms with Crippen molar-refractivity contribution in [1.29, 1.82) is 0 Å². The number of sulfonamides is 1. The van der Waals surface area contributed by atoms with Crippen molar-refractivity contribution in [2.75, 3.05) is 24.5 Å². The molecule has 0 aliphatic carbocycles.